The summed E-state index contributed by atoms with van der Waals surface area (Å²) in [5.74, 6) is -0.112. The predicted octanol–water partition coefficient (Wildman–Crippen LogP) is 4.74. The van der Waals surface area contributed by atoms with Gasteiger partial charge in [-0.2, -0.15) is 0 Å². The van der Waals surface area contributed by atoms with Crippen LogP contribution in [0.5, 0.6) is 0 Å². The standard InChI is InChI=1S/C16H16Cl2N2O/c1-11-5-7-12(8-6-11)19-10-9-15(21)20-14-4-2-3-13(17)16(14)18/h2-8,19H,9-10H2,1H3,(H,20,21). The molecule has 0 fully saturated rings. The van der Waals surface area contributed by atoms with Gasteiger partial charge in [-0.3, -0.25) is 4.79 Å². The number of carbonyl (C=O) groups excluding carboxylic acids is 1. The minimum Gasteiger partial charge on any atom is -0.385 e. The van der Waals surface area contributed by atoms with Crippen molar-refractivity contribution in [2.75, 3.05) is 17.2 Å². The lowest BCUT2D eigenvalue weighted by atomic mass is 10.2. The zero-order valence-electron chi connectivity index (χ0n) is 11.6. The molecule has 0 radical (unpaired) electrons. The van der Waals surface area contributed by atoms with Gasteiger partial charge in [-0.05, 0) is 31.2 Å². The van der Waals surface area contributed by atoms with Crippen molar-refractivity contribution in [3.8, 4) is 0 Å². The molecule has 2 aromatic carbocycles. The van der Waals surface area contributed by atoms with E-state index in [1.54, 1.807) is 18.2 Å². The highest BCUT2D eigenvalue weighted by atomic mass is 35.5. The van der Waals surface area contributed by atoms with E-state index in [2.05, 4.69) is 10.6 Å². The predicted molar refractivity (Wildman–Crippen MR) is 89.4 cm³/mol. The second kappa shape index (κ2) is 7.34. The summed E-state index contributed by atoms with van der Waals surface area (Å²) < 4.78 is 0. The molecule has 0 aliphatic rings. The van der Waals surface area contributed by atoms with Gasteiger partial charge < -0.3 is 10.6 Å². The Hall–Kier alpha value is -1.71. The maximum atomic E-state index is 11.9. The Morgan fingerprint density at radius 1 is 1.10 bits per heavy atom. The SMILES string of the molecule is Cc1ccc(NCCC(=O)Nc2cccc(Cl)c2Cl)cc1. The van der Waals surface area contributed by atoms with Crippen molar-refractivity contribution in [3.63, 3.8) is 0 Å². The monoisotopic (exact) mass is 322 g/mol. The summed E-state index contributed by atoms with van der Waals surface area (Å²) in [4.78, 5) is 11.9. The van der Waals surface area contributed by atoms with Crippen LogP contribution in [0.15, 0.2) is 42.5 Å². The van der Waals surface area contributed by atoms with E-state index in [-0.39, 0.29) is 5.91 Å². The highest BCUT2D eigenvalue weighted by molar-refractivity contribution is 6.43. The molecule has 0 heterocycles. The first-order chi connectivity index (χ1) is 10.1. The second-order valence-corrected chi connectivity index (χ2v) is 5.48. The Bertz CT molecular complexity index is 627. The zero-order chi connectivity index (χ0) is 15.2. The van der Waals surface area contributed by atoms with Crippen LogP contribution in [0.3, 0.4) is 0 Å². The van der Waals surface area contributed by atoms with Crippen LogP contribution in [0.4, 0.5) is 11.4 Å². The van der Waals surface area contributed by atoms with Crippen LogP contribution in [0, 0.1) is 6.92 Å². The van der Waals surface area contributed by atoms with Gasteiger partial charge in [0.05, 0.1) is 15.7 Å². The van der Waals surface area contributed by atoms with E-state index < -0.39 is 0 Å². The van der Waals surface area contributed by atoms with Gasteiger partial charge in [-0.1, -0.05) is 47.0 Å². The molecular weight excluding hydrogens is 307 g/mol. The van der Waals surface area contributed by atoms with Crippen molar-refractivity contribution >= 4 is 40.5 Å². The molecule has 5 heteroatoms. The first-order valence-electron chi connectivity index (χ1n) is 6.60. The smallest absolute Gasteiger partial charge is 0.226 e. The van der Waals surface area contributed by atoms with Crippen molar-refractivity contribution in [2.24, 2.45) is 0 Å². The quantitative estimate of drug-likeness (QED) is 0.834. The molecule has 1 amide bonds. The molecule has 0 aliphatic heterocycles. The molecule has 21 heavy (non-hydrogen) atoms. The number of halogens is 2. The Labute approximate surface area is 134 Å². The fourth-order valence-corrected chi connectivity index (χ4v) is 2.15. The number of amides is 1. The van der Waals surface area contributed by atoms with Crippen LogP contribution in [0.25, 0.3) is 0 Å². The average Bonchev–Trinajstić information content (AvgIpc) is 2.46. The molecule has 3 nitrogen and oxygen atoms in total. The van der Waals surface area contributed by atoms with E-state index in [0.29, 0.717) is 28.7 Å². The molecular formula is C16H16Cl2N2O. The molecule has 110 valence electrons. The van der Waals surface area contributed by atoms with E-state index >= 15 is 0 Å². The molecule has 2 aromatic rings. The maximum Gasteiger partial charge on any atom is 0.226 e. The summed E-state index contributed by atoms with van der Waals surface area (Å²) >= 11 is 11.9. The minimum atomic E-state index is -0.112. The number of benzene rings is 2. The number of hydrogen-bond acceptors (Lipinski definition) is 2. The summed E-state index contributed by atoms with van der Waals surface area (Å²) in [6, 6.07) is 13.2. The van der Waals surface area contributed by atoms with Crippen LogP contribution in [-0.2, 0) is 4.79 Å². The molecule has 0 saturated carbocycles. The number of hydrogen-bond donors (Lipinski definition) is 2. The number of carbonyl (C=O) groups is 1. The number of aryl methyl sites for hydroxylation is 1. The van der Waals surface area contributed by atoms with Crippen molar-refractivity contribution in [3.05, 3.63) is 58.1 Å². The fourth-order valence-electron chi connectivity index (χ4n) is 1.80. The Morgan fingerprint density at radius 2 is 1.81 bits per heavy atom. The van der Waals surface area contributed by atoms with E-state index in [9.17, 15) is 4.79 Å². The molecule has 0 bridgehead atoms. The molecule has 0 unspecified atom stereocenters. The summed E-state index contributed by atoms with van der Waals surface area (Å²) in [5, 5.41) is 6.73. The summed E-state index contributed by atoms with van der Waals surface area (Å²) in [7, 11) is 0. The van der Waals surface area contributed by atoms with Gasteiger partial charge in [-0.15, -0.1) is 0 Å². The number of rotatable bonds is 5. The summed E-state index contributed by atoms with van der Waals surface area (Å²) in [6.07, 6.45) is 0.344. The largest absolute Gasteiger partial charge is 0.385 e. The van der Waals surface area contributed by atoms with Crippen molar-refractivity contribution in [1.82, 2.24) is 0 Å². The van der Waals surface area contributed by atoms with Gasteiger partial charge in [0.25, 0.3) is 0 Å². The topological polar surface area (TPSA) is 41.1 Å². The average molecular weight is 323 g/mol. The lowest BCUT2D eigenvalue weighted by Gasteiger charge is -2.09. The molecule has 0 spiro atoms. The Morgan fingerprint density at radius 3 is 2.52 bits per heavy atom. The third kappa shape index (κ3) is 4.66. The van der Waals surface area contributed by atoms with Crippen LogP contribution in [0.1, 0.15) is 12.0 Å². The van der Waals surface area contributed by atoms with E-state index in [1.165, 1.54) is 5.56 Å². The van der Waals surface area contributed by atoms with E-state index in [4.69, 9.17) is 23.2 Å². The van der Waals surface area contributed by atoms with Crippen molar-refractivity contribution < 1.29 is 4.79 Å². The molecule has 2 rings (SSSR count). The third-order valence-corrected chi connectivity index (χ3v) is 3.78. The fraction of sp³-hybridized carbons (Fsp3) is 0.188. The molecule has 0 atom stereocenters. The minimum absolute atomic E-state index is 0.112. The second-order valence-electron chi connectivity index (χ2n) is 4.69. The van der Waals surface area contributed by atoms with Crippen LogP contribution in [-0.4, -0.2) is 12.5 Å². The molecule has 0 aromatic heterocycles. The highest BCUT2D eigenvalue weighted by Crippen LogP contribution is 2.29. The maximum absolute atomic E-state index is 11.9. The first-order valence-corrected chi connectivity index (χ1v) is 7.36. The van der Waals surface area contributed by atoms with Crippen molar-refractivity contribution in [2.45, 2.75) is 13.3 Å². The number of anilines is 2. The van der Waals surface area contributed by atoms with Crippen LogP contribution in [0.2, 0.25) is 10.0 Å². The summed E-state index contributed by atoms with van der Waals surface area (Å²) in [6.45, 7) is 2.58. The van der Waals surface area contributed by atoms with Gasteiger partial charge in [0, 0.05) is 18.7 Å². The van der Waals surface area contributed by atoms with Crippen molar-refractivity contribution in [1.29, 1.82) is 0 Å². The van der Waals surface area contributed by atoms with Gasteiger partial charge in [0.1, 0.15) is 0 Å². The summed E-state index contributed by atoms with van der Waals surface area (Å²) in [5.41, 5.74) is 2.73. The normalized spacial score (nSPS) is 10.2. The van der Waals surface area contributed by atoms with E-state index in [0.717, 1.165) is 5.69 Å². The van der Waals surface area contributed by atoms with Gasteiger partial charge >= 0.3 is 0 Å². The molecule has 0 saturated heterocycles. The van der Waals surface area contributed by atoms with E-state index in [1.807, 2.05) is 31.2 Å². The van der Waals surface area contributed by atoms with Crippen LogP contribution >= 0.6 is 23.2 Å². The van der Waals surface area contributed by atoms with Crippen LogP contribution < -0.4 is 10.6 Å². The van der Waals surface area contributed by atoms with Gasteiger partial charge in [0.15, 0.2) is 0 Å². The first kappa shape index (κ1) is 15.7. The lowest BCUT2D eigenvalue weighted by molar-refractivity contribution is -0.115. The van der Waals surface area contributed by atoms with Gasteiger partial charge in [-0.25, -0.2) is 0 Å². The number of nitrogens with one attached hydrogen (secondary N) is 2. The zero-order valence-corrected chi connectivity index (χ0v) is 13.1. The Balaban J connectivity index is 1.82. The van der Waals surface area contributed by atoms with Gasteiger partial charge in [0.2, 0.25) is 5.91 Å². The third-order valence-electron chi connectivity index (χ3n) is 2.96. The molecule has 0 aliphatic carbocycles. The Kier molecular flexibility index (Phi) is 5.48. The lowest BCUT2D eigenvalue weighted by Crippen LogP contribution is -2.16. The molecule has 2 N–H and O–H groups in total. The highest BCUT2D eigenvalue weighted by Gasteiger charge is 2.07.